The molecule has 1 saturated heterocycles. The summed E-state index contributed by atoms with van der Waals surface area (Å²) in [5.41, 5.74) is -0.345. The normalized spacial score (nSPS) is 27.8. The van der Waals surface area contributed by atoms with E-state index in [1.54, 1.807) is 30.1 Å². The number of amidine groups is 1. The molecule has 0 unspecified atom stereocenters. The second-order valence-corrected chi connectivity index (χ2v) is 9.14. The molecule has 2 atom stereocenters. The van der Waals surface area contributed by atoms with Crippen LogP contribution in [0, 0.1) is 11.3 Å². The Morgan fingerprint density at radius 3 is 2.81 bits per heavy atom. The van der Waals surface area contributed by atoms with Crippen LogP contribution in [0.5, 0.6) is 0 Å². The van der Waals surface area contributed by atoms with Gasteiger partial charge < -0.3 is 14.9 Å². The summed E-state index contributed by atoms with van der Waals surface area (Å²) >= 11 is 0. The van der Waals surface area contributed by atoms with Crippen LogP contribution in [-0.4, -0.2) is 67.7 Å². The summed E-state index contributed by atoms with van der Waals surface area (Å²) in [6.07, 6.45) is 2.31. The Bertz CT molecular complexity index is 957. The van der Waals surface area contributed by atoms with E-state index in [2.05, 4.69) is 4.40 Å². The Morgan fingerprint density at radius 2 is 2.11 bits per heavy atom. The number of sulfonamides is 1. The number of rotatable bonds is 3. The zero-order chi connectivity index (χ0) is 19.4. The second-order valence-electron chi connectivity index (χ2n) is 7.57. The van der Waals surface area contributed by atoms with Gasteiger partial charge >= 0.3 is 5.97 Å². The molecule has 1 aromatic rings. The number of benzene rings is 1. The molecule has 0 spiro atoms. The lowest BCUT2D eigenvalue weighted by atomic mass is 9.81. The highest BCUT2D eigenvalue weighted by Gasteiger charge is 2.55. The lowest BCUT2D eigenvalue weighted by Gasteiger charge is -2.25. The fraction of sp³-hybridized carbons (Fsp3) is 0.500. The summed E-state index contributed by atoms with van der Waals surface area (Å²) in [6.45, 7) is 0.618. The van der Waals surface area contributed by atoms with E-state index in [1.165, 1.54) is 11.0 Å². The standard InChI is InChI=1S/C18H21N3O5S/c1-20(16-13-6-2-3-7-14(13)27(25,26)19-16)10-15(22)21-9-12-5-4-8-18(12,11-21)17(23)24/h2-3,6-7,12H,4-5,8-11H2,1H3,(H,23,24)/t12-,18+/m0/s1. The molecule has 0 aromatic heterocycles. The van der Waals surface area contributed by atoms with Gasteiger partial charge in [-0.05, 0) is 30.9 Å². The number of carboxylic acid groups (broad SMARTS) is 1. The highest BCUT2D eigenvalue weighted by atomic mass is 32.2. The zero-order valence-corrected chi connectivity index (χ0v) is 15.8. The molecule has 0 radical (unpaired) electrons. The van der Waals surface area contributed by atoms with Gasteiger partial charge in [-0.15, -0.1) is 4.40 Å². The van der Waals surface area contributed by atoms with Gasteiger partial charge in [-0.25, -0.2) is 0 Å². The fourth-order valence-corrected chi connectivity index (χ4v) is 5.82. The van der Waals surface area contributed by atoms with E-state index in [0.717, 1.165) is 12.8 Å². The minimum atomic E-state index is -3.74. The molecular weight excluding hydrogens is 370 g/mol. The number of amides is 1. The first kappa shape index (κ1) is 18.0. The number of likely N-dealkylation sites (N-methyl/N-ethyl adjacent to an activating group) is 1. The van der Waals surface area contributed by atoms with Crippen LogP contribution >= 0.6 is 0 Å². The summed E-state index contributed by atoms with van der Waals surface area (Å²) in [5.74, 6) is -0.800. The van der Waals surface area contributed by atoms with E-state index >= 15 is 0 Å². The lowest BCUT2D eigenvalue weighted by Crippen LogP contribution is -2.42. The summed E-state index contributed by atoms with van der Waals surface area (Å²) in [5, 5.41) is 9.66. The Balaban J connectivity index is 1.51. The third kappa shape index (κ3) is 2.72. The van der Waals surface area contributed by atoms with Gasteiger partial charge in [0.25, 0.3) is 10.0 Å². The maximum Gasteiger partial charge on any atom is 0.311 e. The highest BCUT2D eigenvalue weighted by molar-refractivity contribution is 7.90. The molecule has 1 aliphatic carbocycles. The summed E-state index contributed by atoms with van der Waals surface area (Å²) in [4.78, 5) is 27.8. The summed E-state index contributed by atoms with van der Waals surface area (Å²) < 4.78 is 28.2. The SMILES string of the molecule is CN(CC(=O)N1C[C@@H]2CCC[C@@]2(C(=O)O)C1)C1=NS(=O)(=O)c2ccccc21. The smallest absolute Gasteiger partial charge is 0.311 e. The Labute approximate surface area is 157 Å². The molecule has 27 heavy (non-hydrogen) atoms. The van der Waals surface area contributed by atoms with Gasteiger partial charge in [0.15, 0.2) is 5.84 Å². The van der Waals surface area contributed by atoms with Gasteiger partial charge in [-0.2, -0.15) is 8.42 Å². The lowest BCUT2D eigenvalue weighted by molar-refractivity contribution is -0.149. The van der Waals surface area contributed by atoms with Crippen molar-refractivity contribution < 1.29 is 23.1 Å². The number of hydrogen-bond donors (Lipinski definition) is 1. The van der Waals surface area contributed by atoms with Crippen molar-refractivity contribution >= 4 is 27.7 Å². The predicted molar refractivity (Wildman–Crippen MR) is 96.8 cm³/mol. The van der Waals surface area contributed by atoms with E-state index < -0.39 is 21.4 Å². The minimum absolute atomic E-state index is 0.00539. The molecule has 2 heterocycles. The van der Waals surface area contributed by atoms with Crippen molar-refractivity contribution in [2.45, 2.75) is 24.2 Å². The van der Waals surface area contributed by atoms with Crippen molar-refractivity contribution in [2.24, 2.45) is 15.7 Å². The Morgan fingerprint density at radius 1 is 1.37 bits per heavy atom. The average Bonchev–Trinajstić information content (AvgIpc) is 3.25. The molecule has 3 aliphatic rings. The molecule has 2 aliphatic heterocycles. The number of aliphatic carboxylic acids is 1. The Kier molecular flexibility index (Phi) is 4.03. The van der Waals surface area contributed by atoms with Gasteiger partial charge in [-0.1, -0.05) is 18.6 Å². The van der Waals surface area contributed by atoms with E-state index in [4.69, 9.17) is 0 Å². The van der Waals surface area contributed by atoms with Crippen LogP contribution in [0.3, 0.4) is 0 Å². The molecule has 1 saturated carbocycles. The van der Waals surface area contributed by atoms with Crippen molar-refractivity contribution in [2.75, 3.05) is 26.7 Å². The maximum absolute atomic E-state index is 12.8. The van der Waals surface area contributed by atoms with Crippen LogP contribution in [0.25, 0.3) is 0 Å². The van der Waals surface area contributed by atoms with Crippen molar-refractivity contribution in [3.8, 4) is 0 Å². The quantitative estimate of drug-likeness (QED) is 0.816. The highest BCUT2D eigenvalue weighted by Crippen LogP contribution is 2.48. The van der Waals surface area contributed by atoms with E-state index in [1.807, 2.05) is 0 Å². The topological polar surface area (TPSA) is 107 Å². The van der Waals surface area contributed by atoms with Gasteiger partial charge in [0.1, 0.15) is 4.90 Å². The van der Waals surface area contributed by atoms with Crippen LogP contribution in [0.4, 0.5) is 0 Å². The van der Waals surface area contributed by atoms with E-state index in [0.29, 0.717) is 18.5 Å². The Hall–Kier alpha value is -2.42. The summed E-state index contributed by atoms with van der Waals surface area (Å²) in [6, 6.07) is 6.52. The van der Waals surface area contributed by atoms with Gasteiger partial charge in [0, 0.05) is 25.7 Å². The summed E-state index contributed by atoms with van der Waals surface area (Å²) in [7, 11) is -2.12. The maximum atomic E-state index is 12.8. The number of hydrogen-bond acceptors (Lipinski definition) is 5. The largest absolute Gasteiger partial charge is 0.481 e. The number of fused-ring (bicyclic) bond motifs is 2. The van der Waals surface area contributed by atoms with Crippen molar-refractivity contribution in [1.82, 2.24) is 9.80 Å². The predicted octanol–water partition coefficient (Wildman–Crippen LogP) is 0.781. The molecule has 8 nitrogen and oxygen atoms in total. The van der Waals surface area contributed by atoms with Crippen LogP contribution in [-0.2, 0) is 19.6 Å². The molecule has 1 amide bonds. The van der Waals surface area contributed by atoms with Gasteiger partial charge in [0.2, 0.25) is 5.91 Å². The van der Waals surface area contributed by atoms with E-state index in [9.17, 15) is 23.1 Å². The molecular formula is C18H21N3O5S. The van der Waals surface area contributed by atoms with Gasteiger partial charge in [0.05, 0.1) is 12.0 Å². The van der Waals surface area contributed by atoms with Crippen LogP contribution in [0.2, 0.25) is 0 Å². The third-order valence-electron chi connectivity index (χ3n) is 6.00. The first-order valence-electron chi connectivity index (χ1n) is 8.91. The van der Waals surface area contributed by atoms with Crippen molar-refractivity contribution in [1.29, 1.82) is 0 Å². The molecule has 9 heteroatoms. The van der Waals surface area contributed by atoms with Gasteiger partial charge in [-0.3, -0.25) is 9.59 Å². The fourth-order valence-electron chi connectivity index (χ4n) is 4.57. The van der Waals surface area contributed by atoms with Crippen LogP contribution in [0.1, 0.15) is 24.8 Å². The molecule has 1 aromatic carbocycles. The monoisotopic (exact) mass is 391 g/mol. The molecule has 144 valence electrons. The number of carboxylic acids is 1. The molecule has 0 bridgehead atoms. The molecule has 1 N–H and O–H groups in total. The van der Waals surface area contributed by atoms with Crippen LogP contribution in [0.15, 0.2) is 33.6 Å². The third-order valence-corrected chi connectivity index (χ3v) is 7.32. The first-order valence-corrected chi connectivity index (χ1v) is 10.4. The number of likely N-dealkylation sites (tertiary alicyclic amines) is 1. The van der Waals surface area contributed by atoms with E-state index in [-0.39, 0.29) is 35.6 Å². The van der Waals surface area contributed by atoms with Crippen LogP contribution < -0.4 is 0 Å². The number of nitrogens with zero attached hydrogens (tertiary/aromatic N) is 3. The first-order chi connectivity index (χ1) is 12.7. The molecule has 4 rings (SSSR count). The average molecular weight is 391 g/mol. The second kappa shape index (κ2) is 6.05. The van der Waals surface area contributed by atoms with Crippen molar-refractivity contribution in [3.63, 3.8) is 0 Å². The molecule has 2 fully saturated rings. The minimum Gasteiger partial charge on any atom is -0.481 e. The zero-order valence-electron chi connectivity index (χ0n) is 15.0. The van der Waals surface area contributed by atoms with Crippen molar-refractivity contribution in [3.05, 3.63) is 29.8 Å². The number of carbonyl (C=O) groups is 2. The number of carbonyl (C=O) groups excluding carboxylic acids is 1.